The molecule has 1 N–H and O–H groups in total. The summed E-state index contributed by atoms with van der Waals surface area (Å²) in [5.41, 5.74) is 5.07. The number of fused-ring (bicyclic) bond motifs is 1. The van der Waals surface area contributed by atoms with Crippen molar-refractivity contribution in [2.45, 2.75) is 25.9 Å². The smallest absolute Gasteiger partial charge is 0.150 e. The molecule has 0 unspecified atom stereocenters. The van der Waals surface area contributed by atoms with E-state index in [1.54, 1.807) is 6.33 Å². The van der Waals surface area contributed by atoms with Gasteiger partial charge in [0.25, 0.3) is 0 Å². The maximum atomic E-state index is 6.42. The van der Waals surface area contributed by atoms with Crippen LogP contribution in [0, 0.1) is 6.92 Å². The van der Waals surface area contributed by atoms with Crippen molar-refractivity contribution in [2.24, 2.45) is 0 Å². The summed E-state index contributed by atoms with van der Waals surface area (Å²) in [5.74, 6) is 0.825. The molecule has 4 aromatic rings. The number of anilines is 1. The predicted molar refractivity (Wildman–Crippen MR) is 122 cm³/mol. The van der Waals surface area contributed by atoms with Crippen LogP contribution in [-0.4, -0.2) is 33.8 Å². The van der Waals surface area contributed by atoms with Crippen LogP contribution in [-0.2, 0) is 4.74 Å². The number of aryl methyl sites for hydroxylation is 1. The molecular weight excluding hydrogens is 396 g/mol. The molecule has 0 amide bonds. The third kappa shape index (κ3) is 3.55. The molecule has 0 saturated carbocycles. The molecule has 2 aromatic carbocycles. The molecule has 1 aliphatic rings. The zero-order valence-corrected chi connectivity index (χ0v) is 17.6. The van der Waals surface area contributed by atoms with Crippen molar-refractivity contribution >= 4 is 28.5 Å². The quantitative estimate of drug-likeness (QED) is 0.455. The van der Waals surface area contributed by atoms with Gasteiger partial charge in [0.15, 0.2) is 5.65 Å². The Bertz CT molecular complexity index is 1180. The van der Waals surface area contributed by atoms with E-state index in [0.29, 0.717) is 0 Å². The number of hydrogen-bond acceptors (Lipinski definition) is 4. The number of aromatic nitrogens is 3. The van der Waals surface area contributed by atoms with Crippen molar-refractivity contribution in [3.05, 3.63) is 71.6 Å². The van der Waals surface area contributed by atoms with Crippen LogP contribution in [0.2, 0.25) is 5.02 Å². The fraction of sp³-hybridized carbons (Fsp3) is 0.250. The second kappa shape index (κ2) is 8.09. The molecule has 6 heteroatoms. The first-order valence-electron chi connectivity index (χ1n) is 10.2. The van der Waals surface area contributed by atoms with Gasteiger partial charge in [-0.25, -0.2) is 9.97 Å². The van der Waals surface area contributed by atoms with Gasteiger partial charge in [-0.15, -0.1) is 0 Å². The van der Waals surface area contributed by atoms with E-state index in [4.69, 9.17) is 16.3 Å². The van der Waals surface area contributed by atoms with Crippen molar-refractivity contribution in [3.63, 3.8) is 0 Å². The summed E-state index contributed by atoms with van der Waals surface area (Å²) in [7, 11) is 0. The zero-order valence-electron chi connectivity index (χ0n) is 16.8. The summed E-state index contributed by atoms with van der Waals surface area (Å²) in [5, 5.41) is 5.25. The SMILES string of the molecule is Cc1ccc(-n2cc(-c3ccccc3)c3c(NC[C@H]4CCCO4)ncnc32)cc1Cl. The Morgan fingerprint density at radius 3 is 2.80 bits per heavy atom. The Kier molecular flexibility index (Phi) is 5.15. The van der Waals surface area contributed by atoms with Crippen LogP contribution in [0.5, 0.6) is 0 Å². The average Bonchev–Trinajstić information content (AvgIpc) is 3.43. The number of nitrogens with zero attached hydrogens (tertiary/aromatic N) is 3. The van der Waals surface area contributed by atoms with E-state index in [1.165, 1.54) is 0 Å². The van der Waals surface area contributed by atoms with Crippen molar-refractivity contribution in [3.8, 4) is 16.8 Å². The van der Waals surface area contributed by atoms with Gasteiger partial charge in [-0.3, -0.25) is 0 Å². The lowest BCUT2D eigenvalue weighted by Crippen LogP contribution is -2.19. The predicted octanol–water partition coefficient (Wildman–Crippen LogP) is 5.64. The Hall–Kier alpha value is -2.89. The molecule has 1 atom stereocenters. The number of rotatable bonds is 5. The summed E-state index contributed by atoms with van der Waals surface area (Å²) >= 11 is 6.42. The third-order valence-electron chi connectivity index (χ3n) is 5.62. The molecule has 152 valence electrons. The Labute approximate surface area is 180 Å². The molecule has 30 heavy (non-hydrogen) atoms. The zero-order chi connectivity index (χ0) is 20.5. The molecule has 1 fully saturated rings. The number of ether oxygens (including phenoxy) is 1. The van der Waals surface area contributed by atoms with Crippen molar-refractivity contribution in [1.29, 1.82) is 0 Å². The molecule has 3 heterocycles. The van der Waals surface area contributed by atoms with Crippen molar-refractivity contribution in [2.75, 3.05) is 18.5 Å². The Morgan fingerprint density at radius 2 is 2.03 bits per heavy atom. The monoisotopic (exact) mass is 418 g/mol. The van der Waals surface area contributed by atoms with Gasteiger partial charge in [-0.1, -0.05) is 48.0 Å². The van der Waals surface area contributed by atoms with E-state index >= 15 is 0 Å². The summed E-state index contributed by atoms with van der Waals surface area (Å²) < 4.78 is 7.86. The van der Waals surface area contributed by atoms with E-state index in [-0.39, 0.29) is 6.10 Å². The van der Waals surface area contributed by atoms with E-state index in [1.807, 2.05) is 37.3 Å². The highest BCUT2D eigenvalue weighted by Gasteiger charge is 2.20. The van der Waals surface area contributed by atoms with Gasteiger partial charge in [-0.05, 0) is 43.0 Å². The lowest BCUT2D eigenvalue weighted by Gasteiger charge is -2.13. The highest BCUT2D eigenvalue weighted by molar-refractivity contribution is 6.31. The second-order valence-corrected chi connectivity index (χ2v) is 8.06. The lowest BCUT2D eigenvalue weighted by atomic mass is 10.1. The summed E-state index contributed by atoms with van der Waals surface area (Å²) in [4.78, 5) is 9.21. The molecule has 1 saturated heterocycles. The van der Waals surface area contributed by atoms with E-state index in [2.05, 4.69) is 44.2 Å². The topological polar surface area (TPSA) is 52.0 Å². The van der Waals surface area contributed by atoms with Crippen molar-refractivity contribution < 1.29 is 4.74 Å². The maximum Gasteiger partial charge on any atom is 0.150 e. The van der Waals surface area contributed by atoms with Crippen LogP contribution in [0.15, 0.2) is 61.1 Å². The molecule has 0 radical (unpaired) electrons. The first-order chi connectivity index (χ1) is 14.7. The number of hydrogen-bond donors (Lipinski definition) is 1. The molecule has 0 aliphatic carbocycles. The molecule has 1 aliphatic heterocycles. The molecular formula is C24H23ClN4O. The summed E-state index contributed by atoms with van der Waals surface area (Å²) in [6, 6.07) is 16.4. The van der Waals surface area contributed by atoms with Gasteiger partial charge in [-0.2, -0.15) is 0 Å². The normalized spacial score (nSPS) is 16.3. The first kappa shape index (κ1) is 19.1. The van der Waals surface area contributed by atoms with E-state index in [9.17, 15) is 0 Å². The minimum absolute atomic E-state index is 0.230. The number of halogens is 1. The van der Waals surface area contributed by atoms with Gasteiger partial charge >= 0.3 is 0 Å². The standard InChI is InChI=1S/C24H23ClN4O/c1-16-9-10-18(12-21(16)25)29-14-20(17-6-3-2-4-7-17)22-23(27-15-28-24(22)29)26-13-19-8-5-11-30-19/h2-4,6-7,9-10,12,14-15,19H,5,8,11,13H2,1H3,(H,26,27,28)/t19-/m1/s1. The fourth-order valence-corrected chi connectivity index (χ4v) is 4.15. The van der Waals surface area contributed by atoms with Crippen LogP contribution in [0.1, 0.15) is 18.4 Å². The number of benzene rings is 2. The fourth-order valence-electron chi connectivity index (χ4n) is 3.98. The van der Waals surface area contributed by atoms with E-state index < -0.39 is 0 Å². The van der Waals surface area contributed by atoms with Crippen molar-refractivity contribution in [1.82, 2.24) is 14.5 Å². The highest BCUT2D eigenvalue weighted by atomic mass is 35.5. The molecule has 0 bridgehead atoms. The van der Waals surface area contributed by atoms with Crippen LogP contribution < -0.4 is 5.32 Å². The van der Waals surface area contributed by atoms with Gasteiger partial charge in [0.05, 0.1) is 11.5 Å². The summed E-state index contributed by atoms with van der Waals surface area (Å²) in [6.07, 6.45) is 6.16. The molecule has 2 aromatic heterocycles. The third-order valence-corrected chi connectivity index (χ3v) is 6.03. The van der Waals surface area contributed by atoms with Crippen LogP contribution in [0.4, 0.5) is 5.82 Å². The van der Waals surface area contributed by atoms with Gasteiger partial charge < -0.3 is 14.6 Å². The van der Waals surface area contributed by atoms with Crippen LogP contribution in [0.3, 0.4) is 0 Å². The van der Waals surface area contributed by atoms with Gasteiger partial charge in [0.1, 0.15) is 12.1 Å². The van der Waals surface area contributed by atoms with Gasteiger partial charge in [0, 0.05) is 35.6 Å². The highest BCUT2D eigenvalue weighted by Crippen LogP contribution is 2.36. The molecule has 0 spiro atoms. The van der Waals surface area contributed by atoms with Crippen LogP contribution >= 0.6 is 11.6 Å². The first-order valence-corrected chi connectivity index (χ1v) is 10.6. The minimum Gasteiger partial charge on any atom is -0.376 e. The second-order valence-electron chi connectivity index (χ2n) is 7.65. The van der Waals surface area contributed by atoms with Gasteiger partial charge in [0.2, 0.25) is 0 Å². The molecule has 5 nitrogen and oxygen atoms in total. The lowest BCUT2D eigenvalue weighted by molar-refractivity contribution is 0.120. The number of nitrogens with one attached hydrogen (secondary N) is 1. The van der Waals surface area contributed by atoms with Crippen LogP contribution in [0.25, 0.3) is 27.8 Å². The largest absolute Gasteiger partial charge is 0.376 e. The minimum atomic E-state index is 0.230. The average molecular weight is 419 g/mol. The van der Waals surface area contributed by atoms with E-state index in [0.717, 1.165) is 70.2 Å². The molecule has 5 rings (SSSR count). The Balaban J connectivity index is 1.66. The maximum absolute atomic E-state index is 6.42. The Morgan fingerprint density at radius 1 is 1.17 bits per heavy atom. The summed E-state index contributed by atoms with van der Waals surface area (Å²) in [6.45, 7) is 3.58.